The van der Waals surface area contributed by atoms with Crippen molar-refractivity contribution in [1.82, 2.24) is 0 Å². The molecule has 1 aliphatic rings. The molecule has 0 aromatic heterocycles. The van der Waals surface area contributed by atoms with E-state index < -0.39 is 11.7 Å². The first-order valence-electron chi connectivity index (χ1n) is 7.23. The fourth-order valence-electron chi connectivity index (χ4n) is 3.06. The van der Waals surface area contributed by atoms with Gasteiger partial charge in [0.25, 0.3) is 0 Å². The van der Waals surface area contributed by atoms with Crippen LogP contribution in [0.1, 0.15) is 50.2 Å². The van der Waals surface area contributed by atoms with E-state index in [2.05, 4.69) is 6.92 Å². The number of hydrogen-bond acceptors (Lipinski definition) is 1. The average molecular weight is 285 g/mol. The molecular weight excluding hydrogens is 263 g/mol. The molecule has 0 saturated heterocycles. The van der Waals surface area contributed by atoms with E-state index in [1.54, 1.807) is 12.1 Å². The topological polar surface area (TPSA) is 26.0 Å². The highest BCUT2D eigenvalue weighted by molar-refractivity contribution is 5.25. The van der Waals surface area contributed by atoms with Crippen LogP contribution in [0.25, 0.3) is 0 Å². The molecule has 1 fully saturated rings. The Morgan fingerprint density at radius 2 is 1.65 bits per heavy atom. The van der Waals surface area contributed by atoms with Gasteiger partial charge in [0.1, 0.15) is 0 Å². The van der Waals surface area contributed by atoms with Gasteiger partial charge in [-0.25, -0.2) is 0 Å². The highest BCUT2D eigenvalue weighted by Gasteiger charge is 2.33. The molecule has 1 unspecified atom stereocenters. The Balaban J connectivity index is 2.02. The maximum atomic E-state index is 12.5. The molecule has 1 nitrogen and oxygen atoms in total. The summed E-state index contributed by atoms with van der Waals surface area (Å²) < 4.78 is 37.5. The Kier molecular flexibility index (Phi) is 4.43. The molecule has 0 bridgehead atoms. The van der Waals surface area contributed by atoms with Gasteiger partial charge in [-0.3, -0.25) is 0 Å². The second kappa shape index (κ2) is 5.76. The second-order valence-corrected chi connectivity index (χ2v) is 6.22. The number of alkyl halides is 3. The Hall–Kier alpha value is -1.03. The van der Waals surface area contributed by atoms with Gasteiger partial charge >= 0.3 is 6.18 Å². The molecule has 1 atom stereocenters. The minimum Gasteiger partial charge on any atom is -0.327 e. The average Bonchev–Trinajstić information content (AvgIpc) is 2.39. The van der Waals surface area contributed by atoms with E-state index in [-0.39, 0.29) is 11.5 Å². The number of nitrogens with two attached hydrogens (primary N) is 1. The number of halogens is 3. The van der Waals surface area contributed by atoms with Crippen LogP contribution in [0.2, 0.25) is 0 Å². The molecule has 112 valence electrons. The van der Waals surface area contributed by atoms with Gasteiger partial charge in [-0.05, 0) is 42.4 Å². The van der Waals surface area contributed by atoms with E-state index in [0.29, 0.717) is 6.42 Å². The summed E-state index contributed by atoms with van der Waals surface area (Å²) in [4.78, 5) is 0. The number of rotatable bonds is 3. The first kappa shape index (κ1) is 15.4. The van der Waals surface area contributed by atoms with Crippen LogP contribution in [-0.4, -0.2) is 6.04 Å². The number of hydrogen-bond donors (Lipinski definition) is 1. The van der Waals surface area contributed by atoms with Crippen molar-refractivity contribution in [3.8, 4) is 0 Å². The van der Waals surface area contributed by atoms with Crippen LogP contribution < -0.4 is 5.73 Å². The fourth-order valence-corrected chi connectivity index (χ4v) is 3.06. The van der Waals surface area contributed by atoms with E-state index in [9.17, 15) is 13.2 Å². The highest BCUT2D eigenvalue weighted by Crippen LogP contribution is 2.39. The number of benzene rings is 1. The smallest absolute Gasteiger partial charge is 0.327 e. The van der Waals surface area contributed by atoms with E-state index in [0.717, 1.165) is 30.5 Å². The van der Waals surface area contributed by atoms with Gasteiger partial charge in [0.05, 0.1) is 5.56 Å². The third-order valence-electron chi connectivity index (χ3n) is 4.63. The summed E-state index contributed by atoms with van der Waals surface area (Å²) in [5.74, 6) is 0. The van der Waals surface area contributed by atoms with Crippen molar-refractivity contribution in [1.29, 1.82) is 0 Å². The molecule has 4 heteroatoms. The maximum Gasteiger partial charge on any atom is 0.416 e. The lowest BCUT2D eigenvalue weighted by atomic mass is 9.69. The van der Waals surface area contributed by atoms with Crippen LogP contribution in [0.5, 0.6) is 0 Å². The van der Waals surface area contributed by atoms with Crippen molar-refractivity contribution in [2.24, 2.45) is 11.1 Å². The van der Waals surface area contributed by atoms with Crippen LogP contribution in [-0.2, 0) is 12.6 Å². The molecular formula is C16H22F3N. The monoisotopic (exact) mass is 285 g/mol. The minimum absolute atomic E-state index is 0.0135. The summed E-state index contributed by atoms with van der Waals surface area (Å²) in [6.07, 6.45) is 2.30. The van der Waals surface area contributed by atoms with Crippen molar-refractivity contribution < 1.29 is 13.2 Å². The fraction of sp³-hybridized carbons (Fsp3) is 0.625. The minimum atomic E-state index is -4.27. The Morgan fingerprint density at radius 3 is 2.15 bits per heavy atom. The van der Waals surface area contributed by atoms with E-state index in [1.165, 1.54) is 19.3 Å². The normalized spacial score (nSPS) is 20.6. The van der Waals surface area contributed by atoms with E-state index in [4.69, 9.17) is 5.73 Å². The summed E-state index contributed by atoms with van der Waals surface area (Å²) >= 11 is 0. The first-order valence-corrected chi connectivity index (χ1v) is 7.23. The van der Waals surface area contributed by atoms with Crippen molar-refractivity contribution >= 4 is 0 Å². The molecule has 2 N–H and O–H groups in total. The molecule has 1 saturated carbocycles. The zero-order chi connectivity index (χ0) is 14.8. The third kappa shape index (κ3) is 3.54. The second-order valence-electron chi connectivity index (χ2n) is 6.22. The van der Waals surface area contributed by atoms with Crippen LogP contribution in [0.15, 0.2) is 24.3 Å². The summed E-state index contributed by atoms with van der Waals surface area (Å²) in [6, 6.07) is 5.40. The lowest BCUT2D eigenvalue weighted by molar-refractivity contribution is -0.137. The van der Waals surface area contributed by atoms with Gasteiger partial charge in [-0.15, -0.1) is 0 Å². The van der Waals surface area contributed by atoms with Gasteiger partial charge in [-0.2, -0.15) is 13.2 Å². The Labute approximate surface area is 118 Å². The predicted molar refractivity (Wildman–Crippen MR) is 74.3 cm³/mol. The first-order chi connectivity index (χ1) is 9.31. The zero-order valence-corrected chi connectivity index (χ0v) is 11.8. The molecule has 0 heterocycles. The zero-order valence-electron chi connectivity index (χ0n) is 11.8. The third-order valence-corrected chi connectivity index (χ3v) is 4.63. The van der Waals surface area contributed by atoms with Crippen LogP contribution in [0, 0.1) is 5.41 Å². The molecule has 0 radical (unpaired) electrons. The molecule has 0 aliphatic heterocycles. The molecule has 1 aromatic rings. The van der Waals surface area contributed by atoms with Crippen LogP contribution in [0.3, 0.4) is 0 Å². The Bertz CT molecular complexity index is 430. The molecule has 20 heavy (non-hydrogen) atoms. The Morgan fingerprint density at radius 1 is 1.10 bits per heavy atom. The molecule has 1 aliphatic carbocycles. The van der Waals surface area contributed by atoms with Gasteiger partial charge < -0.3 is 5.73 Å². The van der Waals surface area contributed by atoms with Crippen molar-refractivity contribution in [3.05, 3.63) is 35.4 Å². The van der Waals surface area contributed by atoms with Gasteiger partial charge in [0.15, 0.2) is 0 Å². The van der Waals surface area contributed by atoms with Crippen LogP contribution >= 0.6 is 0 Å². The van der Waals surface area contributed by atoms with E-state index >= 15 is 0 Å². The molecule has 0 spiro atoms. The maximum absolute atomic E-state index is 12.5. The predicted octanol–water partition coefficient (Wildman–Crippen LogP) is 4.55. The quantitative estimate of drug-likeness (QED) is 0.866. The summed E-state index contributed by atoms with van der Waals surface area (Å²) in [7, 11) is 0. The summed E-state index contributed by atoms with van der Waals surface area (Å²) in [6.45, 7) is 2.21. The van der Waals surface area contributed by atoms with Crippen molar-refractivity contribution in [2.45, 2.75) is 57.7 Å². The molecule has 1 aromatic carbocycles. The van der Waals surface area contributed by atoms with Crippen molar-refractivity contribution in [3.63, 3.8) is 0 Å². The van der Waals surface area contributed by atoms with Gasteiger partial charge in [0.2, 0.25) is 0 Å². The van der Waals surface area contributed by atoms with Crippen LogP contribution in [0.4, 0.5) is 13.2 Å². The lowest BCUT2D eigenvalue weighted by Crippen LogP contribution is -2.42. The van der Waals surface area contributed by atoms with Gasteiger partial charge in [-0.1, -0.05) is 38.3 Å². The highest BCUT2D eigenvalue weighted by atomic mass is 19.4. The summed E-state index contributed by atoms with van der Waals surface area (Å²) in [5.41, 5.74) is 6.73. The summed E-state index contributed by atoms with van der Waals surface area (Å²) in [5, 5.41) is 0. The largest absolute Gasteiger partial charge is 0.416 e. The lowest BCUT2D eigenvalue weighted by Gasteiger charge is -2.39. The SMILES string of the molecule is CC1(C(N)Cc2ccc(C(F)(F)F)cc2)CCCCC1. The molecule has 0 amide bonds. The standard InChI is InChI=1S/C16H22F3N/c1-15(9-3-2-4-10-15)14(20)11-12-5-7-13(8-6-12)16(17,18)19/h5-8,14H,2-4,9-11,20H2,1H3. The van der Waals surface area contributed by atoms with E-state index in [1.807, 2.05) is 0 Å². The van der Waals surface area contributed by atoms with Crippen molar-refractivity contribution in [2.75, 3.05) is 0 Å². The van der Waals surface area contributed by atoms with Gasteiger partial charge in [0, 0.05) is 6.04 Å². The molecule has 2 rings (SSSR count).